The van der Waals surface area contributed by atoms with Gasteiger partial charge in [-0.2, -0.15) is 0 Å². The van der Waals surface area contributed by atoms with Gasteiger partial charge in [0.1, 0.15) is 10.8 Å². The lowest BCUT2D eigenvalue weighted by Gasteiger charge is -2.27. The van der Waals surface area contributed by atoms with Crippen LogP contribution in [0.1, 0.15) is 36.8 Å². The van der Waals surface area contributed by atoms with Gasteiger partial charge < -0.3 is 10.1 Å². The standard InChI is InChI=1S/C28H25FN2O3S/c1-18-4-13-23-24(16-18)35-26(31-23)19-5-11-22(12-6-19)30-25(32)17-34-27(33)28(14-2-3-15-28)20-7-9-21(29)10-8-20/h4-13,16H,2-3,14-15,17H2,1H3,(H,30,32). The van der Waals surface area contributed by atoms with E-state index in [2.05, 4.69) is 18.3 Å². The minimum Gasteiger partial charge on any atom is -0.455 e. The molecule has 1 fully saturated rings. The summed E-state index contributed by atoms with van der Waals surface area (Å²) < 4.78 is 19.9. The highest BCUT2D eigenvalue weighted by Gasteiger charge is 2.44. The molecule has 0 aliphatic heterocycles. The zero-order chi connectivity index (χ0) is 24.4. The Balaban J connectivity index is 1.21. The van der Waals surface area contributed by atoms with Crippen molar-refractivity contribution in [3.8, 4) is 10.6 Å². The second-order valence-corrected chi connectivity index (χ2v) is 10.0. The number of halogens is 1. The molecule has 4 aromatic rings. The van der Waals surface area contributed by atoms with Gasteiger partial charge in [-0.25, -0.2) is 9.37 Å². The number of esters is 1. The first-order valence-corrected chi connectivity index (χ1v) is 12.5. The second kappa shape index (κ2) is 9.58. The number of benzene rings is 3. The van der Waals surface area contributed by atoms with E-state index in [9.17, 15) is 14.0 Å². The highest BCUT2D eigenvalue weighted by Crippen LogP contribution is 2.42. The van der Waals surface area contributed by atoms with Gasteiger partial charge in [0.25, 0.3) is 5.91 Å². The Hall–Kier alpha value is -3.58. The van der Waals surface area contributed by atoms with Gasteiger partial charge in [-0.05, 0) is 79.4 Å². The third-order valence-corrected chi connectivity index (χ3v) is 7.61. The number of hydrogen-bond acceptors (Lipinski definition) is 5. The first-order valence-electron chi connectivity index (χ1n) is 11.6. The van der Waals surface area contributed by atoms with Gasteiger partial charge in [-0.3, -0.25) is 9.59 Å². The largest absolute Gasteiger partial charge is 0.455 e. The van der Waals surface area contributed by atoms with Crippen molar-refractivity contribution in [3.63, 3.8) is 0 Å². The fourth-order valence-corrected chi connectivity index (χ4v) is 5.75. The number of rotatable bonds is 6. The molecular weight excluding hydrogens is 463 g/mol. The first-order chi connectivity index (χ1) is 16.9. The van der Waals surface area contributed by atoms with Gasteiger partial charge in [0.2, 0.25) is 0 Å². The van der Waals surface area contributed by atoms with Gasteiger partial charge >= 0.3 is 5.97 Å². The van der Waals surface area contributed by atoms with E-state index >= 15 is 0 Å². The quantitative estimate of drug-likeness (QED) is 0.319. The van der Waals surface area contributed by atoms with Crippen LogP contribution in [0.5, 0.6) is 0 Å². The number of hydrogen-bond donors (Lipinski definition) is 1. The van der Waals surface area contributed by atoms with Gasteiger partial charge in [-0.15, -0.1) is 11.3 Å². The number of aryl methyl sites for hydroxylation is 1. The van der Waals surface area contributed by atoms with Crippen LogP contribution in [0.4, 0.5) is 10.1 Å². The number of anilines is 1. The Bertz CT molecular complexity index is 1370. The molecule has 0 atom stereocenters. The van der Waals surface area contributed by atoms with Gasteiger partial charge in [0.15, 0.2) is 6.61 Å². The maximum atomic E-state index is 13.4. The maximum Gasteiger partial charge on any atom is 0.317 e. The van der Waals surface area contributed by atoms with Crippen molar-refractivity contribution in [1.82, 2.24) is 4.98 Å². The molecule has 1 aromatic heterocycles. The molecule has 1 aliphatic rings. The smallest absolute Gasteiger partial charge is 0.317 e. The Kier molecular flexibility index (Phi) is 6.34. The van der Waals surface area contributed by atoms with E-state index < -0.39 is 17.3 Å². The molecule has 3 aromatic carbocycles. The van der Waals surface area contributed by atoms with Crippen LogP contribution >= 0.6 is 11.3 Å². The third-order valence-electron chi connectivity index (χ3n) is 6.54. The zero-order valence-electron chi connectivity index (χ0n) is 19.3. The van der Waals surface area contributed by atoms with E-state index in [0.29, 0.717) is 18.5 Å². The predicted molar refractivity (Wildman–Crippen MR) is 136 cm³/mol. The average Bonchev–Trinajstić information content (AvgIpc) is 3.51. The highest BCUT2D eigenvalue weighted by molar-refractivity contribution is 7.21. The summed E-state index contributed by atoms with van der Waals surface area (Å²) in [5.41, 5.74) is 3.67. The average molecular weight is 489 g/mol. The number of nitrogens with zero attached hydrogens (tertiary/aromatic N) is 1. The van der Waals surface area contributed by atoms with Crippen LogP contribution < -0.4 is 5.32 Å². The Morgan fingerprint density at radius 3 is 2.46 bits per heavy atom. The number of thiazole rings is 1. The fraction of sp³-hybridized carbons (Fsp3) is 0.250. The number of amides is 1. The van der Waals surface area contributed by atoms with Crippen LogP contribution in [0.3, 0.4) is 0 Å². The van der Waals surface area contributed by atoms with Crippen LogP contribution in [0, 0.1) is 12.7 Å². The number of carbonyl (C=O) groups is 2. The molecule has 5 rings (SSSR count). The molecule has 7 heteroatoms. The van der Waals surface area contributed by atoms with Crippen molar-refractivity contribution in [2.75, 3.05) is 11.9 Å². The number of nitrogens with one attached hydrogen (secondary N) is 1. The van der Waals surface area contributed by atoms with Crippen molar-refractivity contribution in [3.05, 3.63) is 83.7 Å². The van der Waals surface area contributed by atoms with E-state index in [4.69, 9.17) is 9.72 Å². The van der Waals surface area contributed by atoms with E-state index in [-0.39, 0.29) is 12.4 Å². The lowest BCUT2D eigenvalue weighted by atomic mass is 9.79. The molecule has 0 spiro atoms. The zero-order valence-corrected chi connectivity index (χ0v) is 20.2. The normalized spacial score (nSPS) is 14.7. The van der Waals surface area contributed by atoms with Crippen LogP contribution in [-0.4, -0.2) is 23.5 Å². The van der Waals surface area contributed by atoms with E-state index in [1.807, 2.05) is 36.4 Å². The number of carbonyl (C=O) groups excluding carboxylic acids is 2. The SMILES string of the molecule is Cc1ccc2nc(-c3ccc(NC(=O)COC(=O)C4(c5ccc(F)cc5)CCCC4)cc3)sc2c1. The Morgan fingerprint density at radius 2 is 1.74 bits per heavy atom. The molecule has 1 N–H and O–H groups in total. The summed E-state index contributed by atoms with van der Waals surface area (Å²) in [7, 11) is 0. The van der Waals surface area contributed by atoms with Crippen molar-refractivity contribution in [1.29, 1.82) is 0 Å². The first kappa shape index (κ1) is 23.2. The minimum absolute atomic E-state index is 0.348. The molecule has 5 nitrogen and oxygen atoms in total. The fourth-order valence-electron chi connectivity index (χ4n) is 4.68. The Morgan fingerprint density at radius 1 is 1.03 bits per heavy atom. The van der Waals surface area contributed by atoms with Crippen molar-refractivity contribution < 1.29 is 18.7 Å². The van der Waals surface area contributed by atoms with Crippen molar-refractivity contribution in [2.45, 2.75) is 38.0 Å². The van der Waals surface area contributed by atoms with Crippen LogP contribution in [0.15, 0.2) is 66.7 Å². The van der Waals surface area contributed by atoms with Crippen LogP contribution in [-0.2, 0) is 19.7 Å². The summed E-state index contributed by atoms with van der Waals surface area (Å²) in [6.07, 6.45) is 3.04. The molecule has 1 heterocycles. The number of fused-ring (bicyclic) bond motifs is 1. The number of aromatic nitrogens is 1. The molecule has 0 bridgehead atoms. The molecule has 0 radical (unpaired) electrons. The summed E-state index contributed by atoms with van der Waals surface area (Å²) in [4.78, 5) is 30.2. The van der Waals surface area contributed by atoms with E-state index in [1.54, 1.807) is 23.5 Å². The number of ether oxygens (including phenoxy) is 1. The molecular formula is C28H25FN2O3S. The van der Waals surface area contributed by atoms with E-state index in [1.165, 1.54) is 17.7 Å². The van der Waals surface area contributed by atoms with Gasteiger partial charge in [0, 0.05) is 11.3 Å². The Labute approximate surface area is 207 Å². The molecule has 0 saturated heterocycles. The van der Waals surface area contributed by atoms with Crippen molar-refractivity contribution >= 4 is 39.1 Å². The molecule has 1 amide bonds. The lowest BCUT2D eigenvalue weighted by molar-refractivity contribution is -0.153. The third kappa shape index (κ3) is 4.82. The van der Waals surface area contributed by atoms with E-state index in [0.717, 1.165) is 39.2 Å². The monoisotopic (exact) mass is 488 g/mol. The molecule has 1 saturated carbocycles. The summed E-state index contributed by atoms with van der Waals surface area (Å²) >= 11 is 1.63. The van der Waals surface area contributed by atoms with Crippen LogP contribution in [0.25, 0.3) is 20.8 Å². The molecule has 0 unspecified atom stereocenters. The van der Waals surface area contributed by atoms with Gasteiger partial charge in [-0.1, -0.05) is 31.0 Å². The molecule has 178 valence electrons. The van der Waals surface area contributed by atoms with Crippen LogP contribution in [0.2, 0.25) is 0 Å². The second-order valence-electron chi connectivity index (χ2n) is 8.99. The molecule has 1 aliphatic carbocycles. The summed E-state index contributed by atoms with van der Waals surface area (Å²) in [5.74, 6) is -1.19. The lowest BCUT2D eigenvalue weighted by Crippen LogP contribution is -2.36. The topological polar surface area (TPSA) is 68.3 Å². The molecule has 35 heavy (non-hydrogen) atoms. The summed E-state index contributed by atoms with van der Waals surface area (Å²) in [5, 5.41) is 3.69. The predicted octanol–water partition coefficient (Wildman–Crippen LogP) is 6.40. The van der Waals surface area contributed by atoms with Gasteiger partial charge in [0.05, 0.1) is 15.6 Å². The summed E-state index contributed by atoms with van der Waals surface area (Å²) in [6.45, 7) is 1.69. The maximum absolute atomic E-state index is 13.4. The summed E-state index contributed by atoms with van der Waals surface area (Å²) in [6, 6.07) is 19.6. The van der Waals surface area contributed by atoms with Crippen molar-refractivity contribution in [2.24, 2.45) is 0 Å². The highest BCUT2D eigenvalue weighted by atomic mass is 32.1. The minimum atomic E-state index is -0.814.